The first kappa shape index (κ1) is 18.2. The van der Waals surface area contributed by atoms with Crippen LogP contribution < -0.4 is 5.32 Å². The molecule has 1 saturated carbocycles. The molecule has 1 aromatic carbocycles. The molecule has 0 spiro atoms. The molecule has 0 aliphatic heterocycles. The third-order valence-corrected chi connectivity index (χ3v) is 5.28. The van der Waals surface area contributed by atoms with Gasteiger partial charge in [-0.25, -0.2) is 0 Å². The molecule has 2 aromatic rings. The highest BCUT2D eigenvalue weighted by molar-refractivity contribution is 5.94. The lowest BCUT2D eigenvalue weighted by molar-refractivity contribution is -0.121. The average molecular weight is 354 g/mol. The zero-order valence-electron chi connectivity index (χ0n) is 15.2. The first-order valence-corrected chi connectivity index (χ1v) is 9.22. The van der Waals surface area contributed by atoms with E-state index in [1.165, 1.54) is 36.0 Å². The summed E-state index contributed by atoms with van der Waals surface area (Å²) in [5.41, 5.74) is 1.29. The molecule has 3 rings (SSSR count). The predicted molar refractivity (Wildman–Crippen MR) is 99.9 cm³/mol. The monoisotopic (exact) mass is 354 g/mol. The summed E-state index contributed by atoms with van der Waals surface area (Å²) in [7, 11) is 1.61. The number of furan rings is 1. The maximum Gasteiger partial charge on any atom is 0.289 e. The van der Waals surface area contributed by atoms with Crippen molar-refractivity contribution in [2.75, 3.05) is 20.1 Å². The average Bonchev–Trinajstić information content (AvgIpc) is 3.22. The molecule has 0 unspecified atom stereocenters. The fourth-order valence-electron chi connectivity index (χ4n) is 3.79. The van der Waals surface area contributed by atoms with Crippen molar-refractivity contribution in [1.82, 2.24) is 10.2 Å². The Morgan fingerprint density at radius 3 is 2.46 bits per heavy atom. The number of hydrogen-bond donors (Lipinski definition) is 1. The highest BCUT2D eigenvalue weighted by Gasteiger charge is 2.34. The third-order valence-electron chi connectivity index (χ3n) is 5.28. The quantitative estimate of drug-likeness (QED) is 0.865. The van der Waals surface area contributed by atoms with Gasteiger partial charge in [-0.1, -0.05) is 49.6 Å². The van der Waals surface area contributed by atoms with Crippen LogP contribution >= 0.6 is 0 Å². The van der Waals surface area contributed by atoms with Gasteiger partial charge in [0.2, 0.25) is 5.91 Å². The Bertz CT molecular complexity index is 719. The molecular weight excluding hydrogens is 328 g/mol. The zero-order chi connectivity index (χ0) is 18.4. The van der Waals surface area contributed by atoms with Crippen LogP contribution in [0.2, 0.25) is 0 Å². The van der Waals surface area contributed by atoms with Crippen LogP contribution in [0.25, 0.3) is 0 Å². The van der Waals surface area contributed by atoms with Gasteiger partial charge in [-0.2, -0.15) is 0 Å². The molecule has 0 saturated heterocycles. The first-order valence-electron chi connectivity index (χ1n) is 9.22. The number of nitrogens with zero attached hydrogens (tertiary/aromatic N) is 1. The Balaban J connectivity index is 1.60. The van der Waals surface area contributed by atoms with Crippen LogP contribution in [0.5, 0.6) is 0 Å². The van der Waals surface area contributed by atoms with E-state index in [-0.39, 0.29) is 29.5 Å². The van der Waals surface area contributed by atoms with Crippen LogP contribution in [0.15, 0.2) is 53.1 Å². The molecule has 1 N–H and O–H groups in total. The highest BCUT2D eigenvalue weighted by Crippen LogP contribution is 2.38. The van der Waals surface area contributed by atoms with Gasteiger partial charge in [-0.05, 0) is 30.5 Å². The minimum Gasteiger partial charge on any atom is -0.459 e. The van der Waals surface area contributed by atoms with Crippen molar-refractivity contribution in [3.8, 4) is 0 Å². The number of nitrogens with one attached hydrogen (secondary N) is 1. The normalized spacial score (nSPS) is 16.0. The number of rotatable bonds is 6. The van der Waals surface area contributed by atoms with Gasteiger partial charge in [0.15, 0.2) is 5.76 Å². The van der Waals surface area contributed by atoms with Gasteiger partial charge < -0.3 is 14.6 Å². The Morgan fingerprint density at radius 1 is 1.08 bits per heavy atom. The van der Waals surface area contributed by atoms with Gasteiger partial charge in [-0.15, -0.1) is 0 Å². The summed E-state index contributed by atoms with van der Waals surface area (Å²) in [5, 5.41) is 3.06. The van der Waals surface area contributed by atoms with Crippen molar-refractivity contribution in [3.05, 3.63) is 60.1 Å². The third kappa shape index (κ3) is 4.15. The van der Waals surface area contributed by atoms with Crippen LogP contribution in [0, 0.1) is 0 Å². The summed E-state index contributed by atoms with van der Waals surface area (Å²) in [6.07, 6.45) is 7.23. The number of hydrogen-bond acceptors (Lipinski definition) is 3. The van der Waals surface area contributed by atoms with Crippen molar-refractivity contribution in [3.63, 3.8) is 0 Å². The van der Waals surface area contributed by atoms with Gasteiger partial charge >= 0.3 is 0 Å². The minimum atomic E-state index is -0.291. The van der Waals surface area contributed by atoms with Gasteiger partial charge in [0.1, 0.15) is 0 Å². The molecule has 138 valence electrons. The van der Waals surface area contributed by atoms with E-state index in [2.05, 4.69) is 29.6 Å². The number of carbonyl (C=O) groups excluding carboxylic acids is 2. The SMILES string of the molecule is CN(CC(=O)NCC1(c2ccccc2)CCCCC1)C(=O)c1ccco1. The lowest BCUT2D eigenvalue weighted by Gasteiger charge is -2.38. The van der Waals surface area contributed by atoms with Crippen LogP contribution in [-0.4, -0.2) is 36.9 Å². The molecule has 0 bridgehead atoms. The van der Waals surface area contributed by atoms with Gasteiger partial charge in [0.05, 0.1) is 12.8 Å². The molecule has 1 fully saturated rings. The summed E-state index contributed by atoms with van der Waals surface area (Å²) >= 11 is 0. The van der Waals surface area contributed by atoms with Crippen molar-refractivity contribution >= 4 is 11.8 Å². The number of carbonyl (C=O) groups is 2. The van der Waals surface area contributed by atoms with Gasteiger partial charge in [-0.3, -0.25) is 9.59 Å². The Hall–Kier alpha value is -2.56. The molecule has 1 heterocycles. The maximum atomic E-state index is 12.4. The molecule has 26 heavy (non-hydrogen) atoms. The lowest BCUT2D eigenvalue weighted by atomic mass is 9.69. The van der Waals surface area contributed by atoms with E-state index in [1.807, 2.05) is 6.07 Å². The van der Waals surface area contributed by atoms with Crippen molar-refractivity contribution in [2.45, 2.75) is 37.5 Å². The Labute approximate surface area is 154 Å². The summed E-state index contributed by atoms with van der Waals surface area (Å²) in [6.45, 7) is 0.628. The molecular formula is C21H26N2O3. The van der Waals surface area contributed by atoms with Crippen LogP contribution in [0.3, 0.4) is 0 Å². The van der Waals surface area contributed by atoms with Crippen molar-refractivity contribution in [1.29, 1.82) is 0 Å². The molecule has 2 amide bonds. The fourth-order valence-corrected chi connectivity index (χ4v) is 3.79. The smallest absolute Gasteiger partial charge is 0.289 e. The second-order valence-corrected chi connectivity index (χ2v) is 7.12. The largest absolute Gasteiger partial charge is 0.459 e. The first-order chi connectivity index (χ1) is 12.6. The van der Waals surface area contributed by atoms with Crippen LogP contribution in [-0.2, 0) is 10.2 Å². The topological polar surface area (TPSA) is 62.6 Å². The highest BCUT2D eigenvalue weighted by atomic mass is 16.3. The lowest BCUT2D eigenvalue weighted by Crippen LogP contribution is -2.45. The molecule has 1 aliphatic carbocycles. The van der Waals surface area contributed by atoms with Crippen LogP contribution in [0.4, 0.5) is 0 Å². The Morgan fingerprint density at radius 2 is 1.81 bits per heavy atom. The minimum absolute atomic E-state index is 0.00123. The molecule has 1 aromatic heterocycles. The van der Waals surface area contributed by atoms with E-state index in [1.54, 1.807) is 19.2 Å². The van der Waals surface area contributed by atoms with Gasteiger partial charge in [0, 0.05) is 19.0 Å². The zero-order valence-corrected chi connectivity index (χ0v) is 15.2. The summed E-state index contributed by atoms with van der Waals surface area (Å²) in [5.74, 6) is -0.192. The second kappa shape index (κ2) is 8.21. The Kier molecular flexibility index (Phi) is 5.76. The van der Waals surface area contributed by atoms with Crippen molar-refractivity contribution < 1.29 is 14.0 Å². The van der Waals surface area contributed by atoms with E-state index in [4.69, 9.17) is 4.42 Å². The number of benzene rings is 1. The summed E-state index contributed by atoms with van der Waals surface area (Å²) < 4.78 is 5.10. The molecule has 5 nitrogen and oxygen atoms in total. The predicted octanol–water partition coefficient (Wildman–Crippen LogP) is 3.37. The molecule has 0 atom stereocenters. The van der Waals surface area contributed by atoms with Gasteiger partial charge in [0.25, 0.3) is 5.91 Å². The van der Waals surface area contributed by atoms with E-state index in [9.17, 15) is 9.59 Å². The van der Waals surface area contributed by atoms with E-state index < -0.39 is 0 Å². The van der Waals surface area contributed by atoms with E-state index >= 15 is 0 Å². The number of likely N-dealkylation sites (N-methyl/N-ethyl adjacent to an activating group) is 1. The second-order valence-electron chi connectivity index (χ2n) is 7.12. The van der Waals surface area contributed by atoms with Crippen molar-refractivity contribution in [2.24, 2.45) is 0 Å². The standard InChI is InChI=1S/C21H26N2O3/c1-23(20(25)18-11-8-14-26-18)15-19(24)22-16-21(12-6-3-7-13-21)17-9-4-2-5-10-17/h2,4-5,8-11,14H,3,6-7,12-13,15-16H2,1H3,(H,22,24). The molecule has 5 heteroatoms. The number of amides is 2. The molecule has 0 radical (unpaired) electrons. The molecule has 1 aliphatic rings. The van der Waals surface area contributed by atoms with Crippen LogP contribution in [0.1, 0.15) is 48.2 Å². The fraction of sp³-hybridized carbons (Fsp3) is 0.429. The maximum absolute atomic E-state index is 12.4. The van der Waals surface area contributed by atoms with E-state index in [0.717, 1.165) is 12.8 Å². The summed E-state index contributed by atoms with van der Waals surface area (Å²) in [4.78, 5) is 26.0. The summed E-state index contributed by atoms with van der Waals surface area (Å²) in [6, 6.07) is 13.7. The van der Waals surface area contributed by atoms with E-state index in [0.29, 0.717) is 6.54 Å².